The largest absolute Gasteiger partial charge is 0.299 e. The van der Waals surface area contributed by atoms with Crippen molar-refractivity contribution in [1.82, 2.24) is 9.62 Å². The molecule has 2 aromatic carbocycles. The lowest BCUT2D eigenvalue weighted by molar-refractivity contribution is 0.269. The number of nitrogens with zero attached hydrogens (tertiary/aromatic N) is 1. The van der Waals surface area contributed by atoms with Gasteiger partial charge in [0.15, 0.2) is 0 Å². The van der Waals surface area contributed by atoms with Crippen molar-refractivity contribution in [1.29, 1.82) is 0 Å². The first-order valence-corrected chi connectivity index (χ1v) is 14.2. The summed E-state index contributed by atoms with van der Waals surface area (Å²) in [6.45, 7) is 9.08. The molecular weight excluding hydrogens is 446 g/mol. The van der Waals surface area contributed by atoms with E-state index in [1.807, 2.05) is 36.4 Å². The van der Waals surface area contributed by atoms with Crippen LogP contribution in [0.1, 0.15) is 39.2 Å². The third-order valence-electron chi connectivity index (χ3n) is 5.85. The molecule has 32 heavy (non-hydrogen) atoms. The molecule has 3 rings (SSSR count). The molecule has 2 N–H and O–H groups in total. The molecule has 0 aliphatic carbocycles. The molecule has 1 saturated heterocycles. The monoisotopic (exact) mass is 479 g/mol. The maximum atomic E-state index is 12.5. The van der Waals surface area contributed by atoms with Crippen molar-refractivity contribution in [3.05, 3.63) is 54.1 Å². The lowest BCUT2D eigenvalue weighted by Gasteiger charge is -2.22. The lowest BCUT2D eigenvalue weighted by atomic mass is 9.93. The number of hydrogen-bond donors (Lipinski definition) is 2. The standard InChI is InChI=1S/C23H33N3O4S2/c1-16(2)26-14-22(23(15-26)25-32(29,30)17(3)4)19-11-9-18(10-12-19)20-7-6-8-21(13-20)24-31(5,27)28/h6-13,16-17,22-25H,14-15H2,1-5H3/t22-,23+/m0/s1. The highest BCUT2D eigenvalue weighted by Gasteiger charge is 2.37. The Labute approximate surface area is 192 Å². The normalized spacial score (nSPS) is 20.2. The van der Waals surface area contributed by atoms with Crippen LogP contribution < -0.4 is 9.44 Å². The molecule has 2 aromatic rings. The number of nitrogens with one attached hydrogen (secondary N) is 2. The first kappa shape index (κ1) is 24.7. The Bertz CT molecular complexity index is 1140. The van der Waals surface area contributed by atoms with Crippen molar-refractivity contribution < 1.29 is 16.8 Å². The Morgan fingerprint density at radius 1 is 0.906 bits per heavy atom. The van der Waals surface area contributed by atoms with E-state index >= 15 is 0 Å². The Balaban J connectivity index is 1.85. The molecule has 9 heteroatoms. The molecule has 0 saturated carbocycles. The summed E-state index contributed by atoms with van der Waals surface area (Å²) in [6.07, 6.45) is 1.13. The van der Waals surface area contributed by atoms with E-state index in [1.54, 1.807) is 26.0 Å². The second-order valence-corrected chi connectivity index (χ2v) is 13.1. The highest BCUT2D eigenvalue weighted by molar-refractivity contribution is 7.92. The fourth-order valence-corrected chi connectivity index (χ4v) is 5.45. The Hall–Kier alpha value is -1.94. The predicted molar refractivity (Wildman–Crippen MR) is 131 cm³/mol. The molecule has 0 bridgehead atoms. The van der Waals surface area contributed by atoms with E-state index in [9.17, 15) is 16.8 Å². The second-order valence-electron chi connectivity index (χ2n) is 9.05. The van der Waals surface area contributed by atoms with Crippen LogP contribution in [-0.2, 0) is 20.0 Å². The zero-order valence-corrected chi connectivity index (χ0v) is 20.9. The van der Waals surface area contributed by atoms with Gasteiger partial charge in [-0.3, -0.25) is 9.62 Å². The van der Waals surface area contributed by atoms with E-state index in [0.717, 1.165) is 29.5 Å². The van der Waals surface area contributed by atoms with Crippen LogP contribution >= 0.6 is 0 Å². The summed E-state index contributed by atoms with van der Waals surface area (Å²) >= 11 is 0. The van der Waals surface area contributed by atoms with Crippen LogP contribution in [0.15, 0.2) is 48.5 Å². The van der Waals surface area contributed by atoms with Crippen LogP contribution in [0.2, 0.25) is 0 Å². The van der Waals surface area contributed by atoms with Crippen LogP contribution in [0.3, 0.4) is 0 Å². The third-order valence-corrected chi connectivity index (χ3v) is 8.33. The maximum absolute atomic E-state index is 12.5. The summed E-state index contributed by atoms with van der Waals surface area (Å²) in [5, 5.41) is -0.480. The zero-order valence-electron chi connectivity index (χ0n) is 19.2. The molecule has 1 aliphatic rings. The number of benzene rings is 2. The lowest BCUT2D eigenvalue weighted by Crippen LogP contribution is -2.43. The van der Waals surface area contributed by atoms with Gasteiger partial charge in [0.1, 0.15) is 0 Å². The SMILES string of the molecule is CC(C)N1C[C@@H](NS(=O)(=O)C(C)C)[C@H](c2ccc(-c3cccc(NS(C)(=O)=O)c3)cc2)C1. The molecule has 0 aromatic heterocycles. The highest BCUT2D eigenvalue weighted by atomic mass is 32.2. The Kier molecular flexibility index (Phi) is 7.34. The highest BCUT2D eigenvalue weighted by Crippen LogP contribution is 2.32. The van der Waals surface area contributed by atoms with Crippen molar-refractivity contribution in [3.8, 4) is 11.1 Å². The first-order valence-electron chi connectivity index (χ1n) is 10.8. The summed E-state index contributed by atoms with van der Waals surface area (Å²) in [5.74, 6) is 0.0539. The summed E-state index contributed by atoms with van der Waals surface area (Å²) in [4.78, 5) is 2.30. The van der Waals surface area contributed by atoms with Crippen LogP contribution in [0.4, 0.5) is 5.69 Å². The van der Waals surface area contributed by atoms with E-state index in [2.05, 4.69) is 28.2 Å². The summed E-state index contributed by atoms with van der Waals surface area (Å²) in [7, 11) is -6.72. The molecule has 1 fully saturated rings. The van der Waals surface area contributed by atoms with Gasteiger partial charge in [-0.1, -0.05) is 36.4 Å². The van der Waals surface area contributed by atoms with Crippen molar-refractivity contribution >= 4 is 25.7 Å². The van der Waals surface area contributed by atoms with Crippen molar-refractivity contribution in [2.45, 2.75) is 50.9 Å². The summed E-state index contributed by atoms with van der Waals surface area (Å²) in [5.41, 5.74) is 3.46. The van der Waals surface area contributed by atoms with Crippen molar-refractivity contribution in [2.24, 2.45) is 0 Å². The van der Waals surface area contributed by atoms with E-state index in [4.69, 9.17) is 0 Å². The first-order chi connectivity index (χ1) is 14.9. The van der Waals surface area contributed by atoms with Gasteiger partial charge in [0, 0.05) is 36.8 Å². The molecule has 0 unspecified atom stereocenters. The van der Waals surface area contributed by atoms with Gasteiger partial charge in [0.25, 0.3) is 0 Å². The van der Waals surface area contributed by atoms with Crippen molar-refractivity contribution in [2.75, 3.05) is 24.1 Å². The van der Waals surface area contributed by atoms with E-state index < -0.39 is 25.3 Å². The molecule has 2 atom stereocenters. The van der Waals surface area contributed by atoms with Crippen LogP contribution in [-0.4, -0.2) is 58.4 Å². The fraction of sp³-hybridized carbons (Fsp3) is 0.478. The second kappa shape index (κ2) is 9.51. The Morgan fingerprint density at radius 3 is 2.12 bits per heavy atom. The van der Waals surface area contributed by atoms with Gasteiger partial charge in [-0.15, -0.1) is 0 Å². The smallest absolute Gasteiger partial charge is 0.229 e. The maximum Gasteiger partial charge on any atom is 0.229 e. The summed E-state index contributed by atoms with van der Waals surface area (Å²) in [6, 6.07) is 15.5. The van der Waals surface area contributed by atoms with Crippen LogP contribution in [0.5, 0.6) is 0 Å². The van der Waals surface area contributed by atoms with E-state index in [1.165, 1.54) is 0 Å². The molecule has 0 amide bonds. The van der Waals surface area contributed by atoms with Gasteiger partial charge in [-0.05, 0) is 56.5 Å². The minimum atomic E-state index is -3.38. The van der Waals surface area contributed by atoms with Crippen molar-refractivity contribution in [3.63, 3.8) is 0 Å². The molecule has 0 radical (unpaired) electrons. The molecule has 7 nitrogen and oxygen atoms in total. The van der Waals surface area contributed by atoms with Gasteiger partial charge >= 0.3 is 0 Å². The van der Waals surface area contributed by atoms with E-state index in [0.29, 0.717) is 18.3 Å². The van der Waals surface area contributed by atoms with Gasteiger partial charge in [0.05, 0.1) is 11.5 Å². The minimum Gasteiger partial charge on any atom is -0.299 e. The molecule has 176 valence electrons. The molecule has 1 aliphatic heterocycles. The Morgan fingerprint density at radius 2 is 1.56 bits per heavy atom. The average Bonchev–Trinajstić information content (AvgIpc) is 3.10. The minimum absolute atomic E-state index is 0.0539. The summed E-state index contributed by atoms with van der Waals surface area (Å²) < 4.78 is 53.5. The predicted octanol–water partition coefficient (Wildman–Crippen LogP) is 3.23. The topological polar surface area (TPSA) is 95.6 Å². The number of sulfonamides is 2. The number of anilines is 1. The fourth-order valence-electron chi connectivity index (χ4n) is 3.96. The molecule has 0 spiro atoms. The van der Waals surface area contributed by atoms with Gasteiger partial charge in [-0.25, -0.2) is 21.6 Å². The molecule has 1 heterocycles. The number of hydrogen-bond acceptors (Lipinski definition) is 5. The number of likely N-dealkylation sites (tertiary alicyclic amines) is 1. The quantitative estimate of drug-likeness (QED) is 0.606. The van der Waals surface area contributed by atoms with Gasteiger partial charge in [-0.2, -0.15) is 0 Å². The average molecular weight is 480 g/mol. The molecular formula is C23H33N3O4S2. The van der Waals surface area contributed by atoms with Crippen LogP contribution in [0.25, 0.3) is 11.1 Å². The van der Waals surface area contributed by atoms with E-state index in [-0.39, 0.29) is 12.0 Å². The zero-order chi connectivity index (χ0) is 23.7. The third kappa shape index (κ3) is 6.10. The number of rotatable bonds is 8. The van der Waals surface area contributed by atoms with Gasteiger partial charge in [0.2, 0.25) is 20.0 Å². The van der Waals surface area contributed by atoms with Gasteiger partial charge < -0.3 is 0 Å². The van der Waals surface area contributed by atoms with Crippen LogP contribution in [0, 0.1) is 0 Å².